The Hall–Kier alpha value is -1.65. The molecule has 0 fully saturated rings. The minimum atomic E-state index is -3.61. The molecule has 0 heterocycles. The van der Waals surface area contributed by atoms with Crippen LogP contribution in [0.1, 0.15) is 6.92 Å². The van der Waals surface area contributed by atoms with Crippen molar-refractivity contribution in [2.45, 2.75) is 11.8 Å². The Balaban J connectivity index is 2.32. The second-order valence-electron chi connectivity index (χ2n) is 3.75. The fourth-order valence-electron chi connectivity index (χ4n) is 1.67. The van der Waals surface area contributed by atoms with Gasteiger partial charge >= 0.3 is 0 Å². The predicted molar refractivity (Wildman–Crippen MR) is 70.7 cm³/mol. The van der Waals surface area contributed by atoms with E-state index in [0.717, 1.165) is 11.1 Å². The van der Waals surface area contributed by atoms with Crippen molar-refractivity contribution >= 4 is 10.1 Å². The lowest BCUT2D eigenvalue weighted by molar-refractivity contribution is 0.338. The van der Waals surface area contributed by atoms with Crippen LogP contribution in [0, 0.1) is 0 Å². The first-order valence-corrected chi connectivity index (χ1v) is 7.09. The Labute approximate surface area is 107 Å². The van der Waals surface area contributed by atoms with Crippen LogP contribution in [-0.4, -0.2) is 15.0 Å². The lowest BCUT2D eigenvalue weighted by Gasteiger charge is -2.05. The molecule has 0 amide bonds. The summed E-state index contributed by atoms with van der Waals surface area (Å²) in [6.45, 7) is 1.79. The Morgan fingerprint density at radius 2 is 1.44 bits per heavy atom. The van der Waals surface area contributed by atoms with Crippen LogP contribution in [0.15, 0.2) is 59.5 Å². The molecule has 0 aliphatic rings. The van der Waals surface area contributed by atoms with E-state index < -0.39 is 10.1 Å². The Morgan fingerprint density at radius 3 is 2.00 bits per heavy atom. The molecule has 0 unspecified atom stereocenters. The highest BCUT2D eigenvalue weighted by Crippen LogP contribution is 2.21. The number of hydrogen-bond acceptors (Lipinski definition) is 3. The summed E-state index contributed by atoms with van der Waals surface area (Å²) in [5, 5.41) is 0. The first-order chi connectivity index (χ1) is 8.63. The van der Waals surface area contributed by atoms with Crippen LogP contribution in [0.4, 0.5) is 0 Å². The van der Waals surface area contributed by atoms with E-state index in [9.17, 15) is 8.42 Å². The summed E-state index contributed by atoms with van der Waals surface area (Å²) < 4.78 is 28.0. The van der Waals surface area contributed by atoms with E-state index in [2.05, 4.69) is 0 Å². The SMILES string of the molecule is CCOS(=O)(=O)c1ccc(-c2ccccc2)cc1. The number of rotatable bonds is 4. The third-order valence-electron chi connectivity index (χ3n) is 2.52. The van der Waals surface area contributed by atoms with Crippen LogP contribution in [-0.2, 0) is 14.3 Å². The van der Waals surface area contributed by atoms with Crippen molar-refractivity contribution in [1.82, 2.24) is 0 Å². The van der Waals surface area contributed by atoms with Gasteiger partial charge in [-0.2, -0.15) is 8.42 Å². The van der Waals surface area contributed by atoms with Crippen molar-refractivity contribution in [1.29, 1.82) is 0 Å². The van der Waals surface area contributed by atoms with E-state index in [0.29, 0.717) is 0 Å². The predicted octanol–water partition coefficient (Wildman–Crippen LogP) is 3.08. The molecule has 0 aliphatic carbocycles. The van der Waals surface area contributed by atoms with Gasteiger partial charge in [0.1, 0.15) is 0 Å². The smallest absolute Gasteiger partial charge is 0.267 e. The molecule has 0 spiro atoms. The summed E-state index contributed by atoms with van der Waals surface area (Å²) in [5.74, 6) is 0. The highest BCUT2D eigenvalue weighted by molar-refractivity contribution is 7.86. The van der Waals surface area contributed by atoms with Crippen molar-refractivity contribution in [2.24, 2.45) is 0 Å². The molecule has 0 N–H and O–H groups in total. The summed E-state index contributed by atoms with van der Waals surface area (Å²) in [4.78, 5) is 0.184. The molecule has 2 aromatic carbocycles. The van der Waals surface area contributed by atoms with Crippen molar-refractivity contribution in [3.8, 4) is 11.1 Å². The number of benzene rings is 2. The summed E-state index contributed by atoms with van der Waals surface area (Å²) in [6, 6.07) is 16.5. The van der Waals surface area contributed by atoms with Crippen molar-refractivity contribution in [3.05, 3.63) is 54.6 Å². The minimum absolute atomic E-state index is 0.142. The number of hydrogen-bond donors (Lipinski definition) is 0. The van der Waals surface area contributed by atoms with Crippen molar-refractivity contribution in [3.63, 3.8) is 0 Å². The molecule has 2 aromatic rings. The van der Waals surface area contributed by atoms with E-state index in [1.54, 1.807) is 31.2 Å². The van der Waals surface area contributed by atoms with Crippen LogP contribution in [0.2, 0.25) is 0 Å². The molecule has 4 heteroatoms. The molecule has 0 aliphatic heterocycles. The van der Waals surface area contributed by atoms with E-state index in [1.807, 2.05) is 30.3 Å². The second kappa shape index (κ2) is 5.33. The molecular weight excluding hydrogens is 248 g/mol. The minimum Gasteiger partial charge on any atom is -0.267 e. The lowest BCUT2D eigenvalue weighted by Crippen LogP contribution is -2.05. The van der Waals surface area contributed by atoms with Gasteiger partial charge in [-0.1, -0.05) is 42.5 Å². The van der Waals surface area contributed by atoms with Gasteiger partial charge in [-0.25, -0.2) is 0 Å². The molecule has 2 rings (SSSR count). The molecule has 18 heavy (non-hydrogen) atoms. The van der Waals surface area contributed by atoms with Crippen LogP contribution < -0.4 is 0 Å². The van der Waals surface area contributed by atoms with Crippen LogP contribution >= 0.6 is 0 Å². The standard InChI is InChI=1S/C14H14O3S/c1-2-17-18(15,16)14-10-8-13(9-11-14)12-6-4-3-5-7-12/h3-11H,2H2,1H3. The van der Waals surface area contributed by atoms with Crippen molar-refractivity contribution < 1.29 is 12.6 Å². The van der Waals surface area contributed by atoms with Gasteiger partial charge in [0.05, 0.1) is 11.5 Å². The maximum atomic E-state index is 11.7. The molecule has 94 valence electrons. The molecule has 0 atom stereocenters. The van der Waals surface area contributed by atoms with Gasteiger partial charge < -0.3 is 0 Å². The average Bonchev–Trinajstić information content (AvgIpc) is 2.40. The molecule has 0 aromatic heterocycles. The molecule has 0 saturated heterocycles. The zero-order chi connectivity index (χ0) is 13.0. The Morgan fingerprint density at radius 1 is 0.889 bits per heavy atom. The van der Waals surface area contributed by atoms with Crippen LogP contribution in [0.25, 0.3) is 11.1 Å². The second-order valence-corrected chi connectivity index (χ2v) is 5.37. The third-order valence-corrected chi connectivity index (χ3v) is 3.92. The largest absolute Gasteiger partial charge is 0.296 e. The zero-order valence-electron chi connectivity index (χ0n) is 10.0. The Bertz CT molecular complexity index is 601. The molecular formula is C14H14O3S. The first kappa shape index (κ1) is 12.8. The average molecular weight is 262 g/mol. The first-order valence-electron chi connectivity index (χ1n) is 5.68. The third kappa shape index (κ3) is 2.78. The summed E-state index contributed by atoms with van der Waals surface area (Å²) >= 11 is 0. The van der Waals surface area contributed by atoms with Gasteiger partial charge in [0.2, 0.25) is 0 Å². The fourth-order valence-corrected chi connectivity index (χ4v) is 2.58. The molecule has 0 bridgehead atoms. The van der Waals surface area contributed by atoms with Crippen LogP contribution in [0.3, 0.4) is 0 Å². The van der Waals surface area contributed by atoms with Gasteiger partial charge in [-0.15, -0.1) is 0 Å². The van der Waals surface area contributed by atoms with Gasteiger partial charge in [0.15, 0.2) is 0 Å². The summed E-state index contributed by atoms with van der Waals surface area (Å²) in [6.07, 6.45) is 0. The highest BCUT2D eigenvalue weighted by atomic mass is 32.2. The van der Waals surface area contributed by atoms with Gasteiger partial charge in [0.25, 0.3) is 10.1 Å². The quantitative estimate of drug-likeness (QED) is 0.795. The normalized spacial score (nSPS) is 11.4. The molecule has 0 saturated carbocycles. The van der Waals surface area contributed by atoms with E-state index in [1.165, 1.54) is 0 Å². The van der Waals surface area contributed by atoms with Gasteiger partial charge in [-0.05, 0) is 30.2 Å². The zero-order valence-corrected chi connectivity index (χ0v) is 10.9. The maximum Gasteiger partial charge on any atom is 0.296 e. The Kier molecular flexibility index (Phi) is 3.79. The lowest BCUT2D eigenvalue weighted by atomic mass is 10.1. The van der Waals surface area contributed by atoms with Crippen molar-refractivity contribution in [2.75, 3.05) is 6.61 Å². The summed E-state index contributed by atoms with van der Waals surface area (Å²) in [5.41, 5.74) is 2.03. The highest BCUT2D eigenvalue weighted by Gasteiger charge is 2.13. The van der Waals surface area contributed by atoms with Crippen LogP contribution in [0.5, 0.6) is 0 Å². The summed E-state index contributed by atoms with van der Waals surface area (Å²) in [7, 11) is -3.61. The maximum absolute atomic E-state index is 11.7. The van der Waals surface area contributed by atoms with E-state index >= 15 is 0 Å². The fraction of sp³-hybridized carbons (Fsp3) is 0.143. The van der Waals surface area contributed by atoms with Gasteiger partial charge in [0, 0.05) is 0 Å². The van der Waals surface area contributed by atoms with Gasteiger partial charge in [-0.3, -0.25) is 4.18 Å². The monoisotopic (exact) mass is 262 g/mol. The van der Waals surface area contributed by atoms with E-state index in [4.69, 9.17) is 4.18 Å². The van der Waals surface area contributed by atoms with E-state index in [-0.39, 0.29) is 11.5 Å². The molecule has 0 radical (unpaired) electrons. The molecule has 3 nitrogen and oxygen atoms in total. The topological polar surface area (TPSA) is 43.4 Å².